The lowest BCUT2D eigenvalue weighted by atomic mass is 9.94. The van der Waals surface area contributed by atoms with Crippen molar-refractivity contribution in [3.63, 3.8) is 0 Å². The van der Waals surface area contributed by atoms with E-state index in [-0.39, 0.29) is 5.82 Å². The normalized spacial score (nSPS) is 14.8. The number of hydrogen-bond donors (Lipinski definition) is 0. The minimum absolute atomic E-state index is 0.315. The molecule has 0 amide bonds. The van der Waals surface area contributed by atoms with Crippen LogP contribution in [0.5, 0.6) is 0 Å². The molecule has 1 aliphatic rings. The van der Waals surface area contributed by atoms with E-state index in [9.17, 15) is 4.39 Å². The molecule has 0 spiro atoms. The predicted molar refractivity (Wildman–Crippen MR) is 103 cm³/mol. The van der Waals surface area contributed by atoms with Crippen LogP contribution in [0.1, 0.15) is 36.1 Å². The molecule has 3 nitrogen and oxygen atoms in total. The van der Waals surface area contributed by atoms with Gasteiger partial charge in [-0.1, -0.05) is 18.2 Å². The van der Waals surface area contributed by atoms with Gasteiger partial charge in [0.25, 0.3) is 0 Å². The van der Waals surface area contributed by atoms with Crippen molar-refractivity contribution < 1.29 is 4.39 Å². The maximum atomic E-state index is 14.0. The van der Waals surface area contributed by atoms with Crippen LogP contribution in [-0.2, 0) is 12.8 Å². The average Bonchev–Trinajstić information content (AvgIpc) is 2.68. The molecule has 0 atom stereocenters. The summed E-state index contributed by atoms with van der Waals surface area (Å²) in [7, 11) is 0. The largest absolute Gasteiger partial charge is 0.357 e. The third-order valence-electron chi connectivity index (χ3n) is 5.06. The van der Waals surface area contributed by atoms with Crippen LogP contribution < -0.4 is 4.90 Å². The Morgan fingerprint density at radius 3 is 2.73 bits per heavy atom. The highest BCUT2D eigenvalue weighted by Crippen LogP contribution is 2.24. The number of benzene rings is 1. The minimum Gasteiger partial charge on any atom is -0.357 e. The maximum absolute atomic E-state index is 14.0. The van der Waals surface area contributed by atoms with Crippen LogP contribution in [-0.4, -0.2) is 18.1 Å². The molecule has 2 aromatic rings. The zero-order chi connectivity index (χ0) is 18.4. The molecule has 134 valence electrons. The molecule has 3 rings (SSSR count). The highest BCUT2D eigenvalue weighted by atomic mass is 19.1. The summed E-state index contributed by atoms with van der Waals surface area (Å²) >= 11 is 0. The smallest absolute Gasteiger partial charge is 0.128 e. The minimum atomic E-state index is -0.315. The van der Waals surface area contributed by atoms with E-state index in [2.05, 4.69) is 17.5 Å². The monoisotopic (exact) mass is 349 g/mol. The lowest BCUT2D eigenvalue weighted by molar-refractivity contribution is 0.408. The molecule has 0 bridgehead atoms. The number of halogens is 1. The number of rotatable bonds is 6. The lowest BCUT2D eigenvalue weighted by Gasteiger charge is -2.32. The van der Waals surface area contributed by atoms with Gasteiger partial charge in [0.05, 0.1) is 11.6 Å². The first-order valence-electron chi connectivity index (χ1n) is 9.20. The summed E-state index contributed by atoms with van der Waals surface area (Å²) in [6.07, 6.45) is 6.72. The second-order valence-corrected chi connectivity index (χ2v) is 6.86. The van der Waals surface area contributed by atoms with Crippen molar-refractivity contribution in [2.45, 2.75) is 32.1 Å². The van der Waals surface area contributed by atoms with Crippen LogP contribution in [0.2, 0.25) is 0 Å². The number of pyridine rings is 1. The molecule has 0 N–H and O–H groups in total. The van der Waals surface area contributed by atoms with Crippen molar-refractivity contribution in [2.24, 2.45) is 5.92 Å². The quantitative estimate of drug-likeness (QED) is 0.712. The topological polar surface area (TPSA) is 39.9 Å². The van der Waals surface area contributed by atoms with Gasteiger partial charge in [-0.15, -0.1) is 6.58 Å². The van der Waals surface area contributed by atoms with Crippen molar-refractivity contribution in [1.82, 2.24) is 4.98 Å². The summed E-state index contributed by atoms with van der Waals surface area (Å²) in [6.45, 7) is 5.89. The van der Waals surface area contributed by atoms with Gasteiger partial charge in [-0.2, -0.15) is 5.26 Å². The van der Waals surface area contributed by atoms with E-state index < -0.39 is 0 Å². The van der Waals surface area contributed by atoms with Crippen molar-refractivity contribution in [3.05, 3.63) is 71.7 Å². The lowest BCUT2D eigenvalue weighted by Crippen LogP contribution is -2.34. The summed E-state index contributed by atoms with van der Waals surface area (Å²) in [5, 5.41) is 8.83. The van der Waals surface area contributed by atoms with E-state index in [0.717, 1.165) is 36.9 Å². The fourth-order valence-corrected chi connectivity index (χ4v) is 3.50. The summed E-state index contributed by atoms with van der Waals surface area (Å²) < 4.78 is 14.0. The molecule has 1 aromatic heterocycles. The Bertz CT molecular complexity index is 801. The van der Waals surface area contributed by atoms with E-state index in [1.165, 1.54) is 18.9 Å². The molecule has 1 fully saturated rings. The van der Waals surface area contributed by atoms with Crippen molar-refractivity contribution in [3.8, 4) is 6.07 Å². The van der Waals surface area contributed by atoms with Gasteiger partial charge in [-0.05, 0) is 67.9 Å². The molecule has 0 unspecified atom stereocenters. The van der Waals surface area contributed by atoms with Gasteiger partial charge in [0.1, 0.15) is 11.6 Å². The van der Waals surface area contributed by atoms with E-state index in [1.807, 2.05) is 24.3 Å². The third kappa shape index (κ3) is 4.49. The molecule has 26 heavy (non-hydrogen) atoms. The van der Waals surface area contributed by atoms with Crippen LogP contribution in [0.4, 0.5) is 10.2 Å². The Morgan fingerprint density at radius 2 is 2.04 bits per heavy atom. The molecule has 0 aliphatic carbocycles. The fourth-order valence-electron chi connectivity index (χ4n) is 3.50. The van der Waals surface area contributed by atoms with Gasteiger partial charge in [0.15, 0.2) is 0 Å². The first-order valence-corrected chi connectivity index (χ1v) is 9.20. The molecule has 1 aromatic carbocycles. The maximum Gasteiger partial charge on any atom is 0.128 e. The summed E-state index contributed by atoms with van der Waals surface area (Å²) in [5.74, 6) is 1.44. The number of aromatic nitrogens is 1. The Hall–Kier alpha value is -2.67. The van der Waals surface area contributed by atoms with Crippen LogP contribution in [0, 0.1) is 23.1 Å². The van der Waals surface area contributed by atoms with E-state index in [1.54, 1.807) is 12.1 Å². The summed E-state index contributed by atoms with van der Waals surface area (Å²) in [6, 6.07) is 12.7. The molecular weight excluding hydrogens is 325 g/mol. The Morgan fingerprint density at radius 1 is 1.23 bits per heavy atom. The zero-order valence-corrected chi connectivity index (χ0v) is 15.0. The number of nitrogens with zero attached hydrogens (tertiary/aromatic N) is 3. The summed E-state index contributed by atoms with van der Waals surface area (Å²) in [5.41, 5.74) is 1.95. The molecule has 2 heterocycles. The van der Waals surface area contributed by atoms with Crippen LogP contribution in [0.3, 0.4) is 0 Å². The van der Waals surface area contributed by atoms with Crippen LogP contribution >= 0.6 is 0 Å². The number of aryl methyl sites for hydroxylation is 2. The van der Waals surface area contributed by atoms with E-state index >= 15 is 0 Å². The molecule has 0 radical (unpaired) electrons. The van der Waals surface area contributed by atoms with E-state index in [4.69, 9.17) is 10.2 Å². The Balaban J connectivity index is 1.61. The third-order valence-corrected chi connectivity index (χ3v) is 5.06. The van der Waals surface area contributed by atoms with Crippen LogP contribution in [0.25, 0.3) is 0 Å². The van der Waals surface area contributed by atoms with Gasteiger partial charge in [-0.25, -0.2) is 9.37 Å². The number of piperidine rings is 1. The predicted octanol–water partition coefficient (Wildman–Crippen LogP) is 4.67. The molecule has 1 aliphatic heterocycles. The number of nitriles is 1. The van der Waals surface area contributed by atoms with Gasteiger partial charge >= 0.3 is 0 Å². The van der Waals surface area contributed by atoms with Gasteiger partial charge in [-0.3, -0.25) is 0 Å². The fraction of sp³-hybridized carbons (Fsp3) is 0.364. The molecule has 4 heteroatoms. The highest BCUT2D eigenvalue weighted by Gasteiger charge is 2.19. The molecule has 1 saturated heterocycles. The Kier molecular flexibility index (Phi) is 6.01. The van der Waals surface area contributed by atoms with E-state index in [0.29, 0.717) is 24.0 Å². The zero-order valence-electron chi connectivity index (χ0n) is 15.0. The standard InChI is InChI=1S/C22H24FN3/c1-2-4-17-11-13-26(14-12-17)22-6-3-5-20(25-22)10-9-19-8-7-18(16-24)15-21(19)23/h2-3,5-8,15,17H,1,4,9-14H2. The SMILES string of the molecule is C=CCC1CCN(c2cccc(CCc3ccc(C#N)cc3F)n2)CC1. The van der Waals surface area contributed by atoms with Gasteiger partial charge < -0.3 is 4.90 Å². The number of allylic oxidation sites excluding steroid dienone is 1. The van der Waals surface area contributed by atoms with Gasteiger partial charge in [0, 0.05) is 18.8 Å². The molecular formula is C22H24FN3. The van der Waals surface area contributed by atoms with Crippen LogP contribution in [0.15, 0.2) is 49.1 Å². The summed E-state index contributed by atoms with van der Waals surface area (Å²) in [4.78, 5) is 7.12. The number of anilines is 1. The van der Waals surface area contributed by atoms with Crippen molar-refractivity contribution >= 4 is 5.82 Å². The van der Waals surface area contributed by atoms with Gasteiger partial charge in [0.2, 0.25) is 0 Å². The molecule has 0 saturated carbocycles. The second kappa shape index (κ2) is 8.62. The Labute approximate surface area is 154 Å². The number of hydrogen-bond acceptors (Lipinski definition) is 3. The van der Waals surface area contributed by atoms with Crippen molar-refractivity contribution in [1.29, 1.82) is 5.26 Å². The second-order valence-electron chi connectivity index (χ2n) is 6.86. The first-order chi connectivity index (χ1) is 12.7. The average molecular weight is 349 g/mol. The van der Waals surface area contributed by atoms with Crippen molar-refractivity contribution in [2.75, 3.05) is 18.0 Å². The highest BCUT2D eigenvalue weighted by molar-refractivity contribution is 5.40. The first kappa shape index (κ1) is 18.1.